The average Bonchev–Trinajstić information content (AvgIpc) is 3.57. The molecule has 1 fully saturated rings. The first-order valence-corrected chi connectivity index (χ1v) is 12.1. The Bertz CT molecular complexity index is 1350. The zero-order chi connectivity index (χ0) is 23.8. The number of anilines is 1. The molecule has 34 heavy (non-hydrogen) atoms. The smallest absolute Gasteiger partial charge is 0.197 e. The van der Waals surface area contributed by atoms with Crippen LogP contribution in [0.4, 0.5) is 5.00 Å². The van der Waals surface area contributed by atoms with Crippen molar-refractivity contribution in [1.29, 1.82) is 5.26 Å². The van der Waals surface area contributed by atoms with Gasteiger partial charge in [-0.15, -0.1) is 0 Å². The van der Waals surface area contributed by atoms with Crippen LogP contribution in [0.15, 0.2) is 24.8 Å². The number of thiazole rings is 1. The summed E-state index contributed by atoms with van der Waals surface area (Å²) in [6.07, 6.45) is 5.39. The Kier molecular flexibility index (Phi) is 5.93. The van der Waals surface area contributed by atoms with Gasteiger partial charge in [-0.2, -0.15) is 15.5 Å². The summed E-state index contributed by atoms with van der Waals surface area (Å²) in [5.74, 6) is 0.879. The van der Waals surface area contributed by atoms with Crippen LogP contribution in [0.2, 0.25) is 0 Å². The van der Waals surface area contributed by atoms with Crippen molar-refractivity contribution in [1.82, 2.24) is 34.7 Å². The van der Waals surface area contributed by atoms with Gasteiger partial charge in [0.1, 0.15) is 22.0 Å². The lowest BCUT2D eigenvalue weighted by Crippen LogP contribution is -2.51. The van der Waals surface area contributed by atoms with Crippen molar-refractivity contribution < 1.29 is 4.74 Å². The summed E-state index contributed by atoms with van der Waals surface area (Å²) in [4.78, 5) is 13.6. The summed E-state index contributed by atoms with van der Waals surface area (Å²) in [5, 5.41) is 23.2. The highest BCUT2D eigenvalue weighted by Crippen LogP contribution is 2.40. The molecule has 176 valence electrons. The number of methoxy groups -OCH3 is 1. The average molecular weight is 478 g/mol. The Morgan fingerprint density at radius 3 is 2.91 bits per heavy atom. The van der Waals surface area contributed by atoms with Crippen LogP contribution in [0.3, 0.4) is 0 Å². The zero-order valence-corrected chi connectivity index (χ0v) is 20.5. The fourth-order valence-electron chi connectivity index (χ4n) is 4.59. The molecule has 5 heterocycles. The van der Waals surface area contributed by atoms with Crippen molar-refractivity contribution in [3.63, 3.8) is 0 Å². The molecule has 4 aromatic rings. The summed E-state index contributed by atoms with van der Waals surface area (Å²) in [7, 11) is 1.63. The second-order valence-electron chi connectivity index (χ2n) is 8.78. The van der Waals surface area contributed by atoms with E-state index < -0.39 is 0 Å². The lowest BCUT2D eigenvalue weighted by Gasteiger charge is -2.39. The maximum absolute atomic E-state index is 9.00. The Balaban J connectivity index is 1.49. The minimum atomic E-state index is 0.224. The van der Waals surface area contributed by atoms with Gasteiger partial charge < -0.3 is 9.64 Å². The highest BCUT2D eigenvalue weighted by Gasteiger charge is 2.27. The number of fused-ring (bicyclic) bond motifs is 1. The van der Waals surface area contributed by atoms with E-state index in [1.165, 1.54) is 6.33 Å². The molecule has 1 aliphatic heterocycles. The fourth-order valence-corrected chi connectivity index (χ4v) is 5.64. The lowest BCUT2D eigenvalue weighted by molar-refractivity contribution is 0.254. The van der Waals surface area contributed by atoms with Crippen molar-refractivity contribution in [2.45, 2.75) is 32.7 Å². The molecular formula is C23H27N9OS. The Hall–Kier alpha value is -3.49. The maximum atomic E-state index is 9.00. The van der Waals surface area contributed by atoms with Crippen LogP contribution in [0.1, 0.15) is 32.3 Å². The third kappa shape index (κ3) is 3.89. The van der Waals surface area contributed by atoms with Gasteiger partial charge in [0.2, 0.25) is 0 Å². The van der Waals surface area contributed by atoms with Crippen LogP contribution < -0.4 is 9.64 Å². The summed E-state index contributed by atoms with van der Waals surface area (Å²) in [5.41, 5.74) is 4.50. The first-order chi connectivity index (χ1) is 16.5. The molecule has 1 N–H and O–H groups in total. The zero-order valence-electron chi connectivity index (χ0n) is 19.7. The number of aromatic nitrogens is 6. The van der Waals surface area contributed by atoms with Crippen LogP contribution in [0.5, 0.6) is 5.75 Å². The molecule has 0 unspecified atom stereocenters. The first-order valence-electron chi connectivity index (χ1n) is 11.3. The molecule has 1 atom stereocenters. The van der Waals surface area contributed by atoms with Crippen molar-refractivity contribution in [3.05, 3.63) is 30.4 Å². The first kappa shape index (κ1) is 22.3. The highest BCUT2D eigenvalue weighted by atomic mass is 32.1. The number of nitrogens with one attached hydrogen (secondary N) is 1. The Morgan fingerprint density at radius 2 is 2.18 bits per heavy atom. The van der Waals surface area contributed by atoms with Crippen molar-refractivity contribution >= 4 is 22.0 Å². The van der Waals surface area contributed by atoms with E-state index >= 15 is 0 Å². The molecule has 0 aromatic carbocycles. The number of H-pyrrole nitrogens is 1. The Labute approximate surface area is 201 Å². The number of hydrogen-bond donors (Lipinski definition) is 1. The summed E-state index contributed by atoms with van der Waals surface area (Å²) < 4.78 is 7.26. The van der Waals surface area contributed by atoms with E-state index in [0.717, 1.165) is 52.2 Å². The van der Waals surface area contributed by atoms with E-state index in [1.54, 1.807) is 23.0 Å². The Morgan fingerprint density at radius 1 is 1.32 bits per heavy atom. The summed E-state index contributed by atoms with van der Waals surface area (Å²) >= 11 is 1.66. The van der Waals surface area contributed by atoms with Crippen molar-refractivity contribution in [3.8, 4) is 33.8 Å². The number of pyridine rings is 1. The molecule has 10 nitrogen and oxygen atoms in total. The molecule has 1 saturated heterocycles. The monoisotopic (exact) mass is 477 g/mol. The second kappa shape index (κ2) is 9.04. The second-order valence-corrected chi connectivity index (χ2v) is 9.79. The molecule has 5 rings (SSSR count). The minimum absolute atomic E-state index is 0.224. The van der Waals surface area contributed by atoms with Gasteiger partial charge >= 0.3 is 0 Å². The molecule has 0 radical (unpaired) electrons. The summed E-state index contributed by atoms with van der Waals surface area (Å²) in [6, 6.07) is 4.53. The molecule has 0 amide bonds. The third-order valence-corrected chi connectivity index (χ3v) is 7.26. The van der Waals surface area contributed by atoms with Gasteiger partial charge in [-0.05, 0) is 18.9 Å². The van der Waals surface area contributed by atoms with E-state index in [9.17, 15) is 0 Å². The SMILES string of the molecule is COc1cc(-c2[nH]nc(-c3ncc(N4CCN(CC#N)C[C@H]4C)s3)c2C(C)C)cn2ncnc12. The number of rotatable bonds is 6. The predicted octanol–water partition coefficient (Wildman–Crippen LogP) is 3.41. The van der Waals surface area contributed by atoms with E-state index in [2.05, 4.69) is 51.8 Å². The van der Waals surface area contributed by atoms with Crippen molar-refractivity contribution in [2.24, 2.45) is 0 Å². The standard InChI is InChI=1S/C23H27N9OS/c1-14(2)19-20(16-9-17(33-4)22-26-13-27-32(22)12-16)28-29-21(19)23-25-10-18(34-23)31-8-7-30(6-5-24)11-15(31)3/h9-10,12-15H,6-8,11H2,1-4H3,(H,28,29)/t15-/m1/s1. The van der Waals surface area contributed by atoms with E-state index in [-0.39, 0.29) is 5.92 Å². The van der Waals surface area contributed by atoms with Gasteiger partial charge in [0.05, 0.1) is 31.6 Å². The normalized spacial score (nSPS) is 16.9. The third-order valence-electron chi connectivity index (χ3n) is 6.22. The number of ether oxygens (including phenoxy) is 1. The van der Waals surface area contributed by atoms with E-state index in [1.807, 2.05) is 18.5 Å². The van der Waals surface area contributed by atoms with Crippen LogP contribution in [-0.4, -0.2) is 74.0 Å². The largest absolute Gasteiger partial charge is 0.493 e. The number of nitriles is 1. The van der Waals surface area contributed by atoms with Crippen LogP contribution in [0.25, 0.3) is 27.6 Å². The maximum Gasteiger partial charge on any atom is 0.197 e. The minimum Gasteiger partial charge on any atom is -0.493 e. The van der Waals surface area contributed by atoms with Crippen LogP contribution >= 0.6 is 11.3 Å². The quantitative estimate of drug-likeness (QED) is 0.421. The molecule has 0 saturated carbocycles. The number of nitrogens with zero attached hydrogens (tertiary/aromatic N) is 8. The topological polar surface area (TPSA) is 111 Å². The molecule has 4 aromatic heterocycles. The highest BCUT2D eigenvalue weighted by molar-refractivity contribution is 7.18. The van der Waals surface area contributed by atoms with Gasteiger partial charge in [-0.3, -0.25) is 10.00 Å². The van der Waals surface area contributed by atoms with Gasteiger partial charge in [-0.1, -0.05) is 25.2 Å². The molecular weight excluding hydrogens is 450 g/mol. The molecule has 0 spiro atoms. The van der Waals surface area contributed by atoms with Crippen LogP contribution in [0, 0.1) is 11.3 Å². The van der Waals surface area contributed by atoms with Crippen molar-refractivity contribution in [2.75, 3.05) is 38.2 Å². The molecule has 11 heteroatoms. The number of piperazine rings is 1. The lowest BCUT2D eigenvalue weighted by atomic mass is 9.97. The van der Waals surface area contributed by atoms with Gasteiger partial charge in [0.25, 0.3) is 0 Å². The molecule has 0 bridgehead atoms. The molecule has 0 aliphatic carbocycles. The van der Waals surface area contributed by atoms with E-state index in [0.29, 0.717) is 24.0 Å². The summed E-state index contributed by atoms with van der Waals surface area (Å²) in [6.45, 7) is 9.62. The number of hydrogen-bond acceptors (Lipinski definition) is 9. The molecule has 1 aliphatic rings. The predicted molar refractivity (Wildman–Crippen MR) is 131 cm³/mol. The fraction of sp³-hybridized carbons (Fsp3) is 0.435. The van der Waals surface area contributed by atoms with Gasteiger partial charge in [0.15, 0.2) is 11.4 Å². The van der Waals surface area contributed by atoms with Crippen LogP contribution in [-0.2, 0) is 0 Å². The van der Waals surface area contributed by atoms with E-state index in [4.69, 9.17) is 20.1 Å². The van der Waals surface area contributed by atoms with Gasteiger partial charge in [0, 0.05) is 43.0 Å². The van der Waals surface area contributed by atoms with Gasteiger partial charge in [-0.25, -0.2) is 14.5 Å². The number of aromatic amines is 1.